The van der Waals surface area contributed by atoms with Crippen molar-refractivity contribution in [3.05, 3.63) is 69.7 Å². The van der Waals surface area contributed by atoms with E-state index in [0.29, 0.717) is 42.4 Å². The molecule has 4 rings (SSSR count). The van der Waals surface area contributed by atoms with Crippen LogP contribution < -0.4 is 0 Å². The van der Waals surface area contributed by atoms with Gasteiger partial charge >= 0.3 is 5.97 Å². The van der Waals surface area contributed by atoms with Crippen LogP contribution in [0, 0.1) is 5.92 Å². The Morgan fingerprint density at radius 2 is 1.83 bits per heavy atom. The van der Waals surface area contributed by atoms with Crippen LogP contribution in [-0.4, -0.2) is 51.8 Å². The lowest BCUT2D eigenvalue weighted by Gasteiger charge is -2.49. The van der Waals surface area contributed by atoms with Gasteiger partial charge in [0, 0.05) is 47.4 Å². The number of carboxylic acid groups (broad SMARTS) is 1. The summed E-state index contributed by atoms with van der Waals surface area (Å²) in [6, 6.07) is 14.4. The number of benzene rings is 2. The zero-order chi connectivity index (χ0) is 25.1. The van der Waals surface area contributed by atoms with Crippen LogP contribution in [0.25, 0.3) is 0 Å². The molecule has 2 fully saturated rings. The van der Waals surface area contributed by atoms with Gasteiger partial charge in [-0.2, -0.15) is 0 Å². The third-order valence-electron chi connectivity index (χ3n) is 7.20. The molecule has 2 heterocycles. The van der Waals surface area contributed by atoms with E-state index in [4.69, 9.17) is 23.2 Å². The second-order valence-corrected chi connectivity index (χ2v) is 10.3. The number of nitrogens with zero attached hydrogens (tertiary/aromatic N) is 2. The SMILES string of the molecule is CC[C@@H](CN1CCCC1=O)N1C(=O)[C@@H](CC(=O)O)C[C@H](c2cccc(Cl)c2)[C@H]1c1ccc(Cl)cc1. The van der Waals surface area contributed by atoms with E-state index in [0.717, 1.165) is 17.5 Å². The van der Waals surface area contributed by atoms with Gasteiger partial charge in [0.2, 0.25) is 11.8 Å². The average molecular weight is 517 g/mol. The molecule has 2 saturated heterocycles. The zero-order valence-electron chi connectivity index (χ0n) is 19.7. The number of halogens is 2. The number of hydrogen-bond acceptors (Lipinski definition) is 3. The highest BCUT2D eigenvalue weighted by molar-refractivity contribution is 6.30. The first-order chi connectivity index (χ1) is 16.8. The summed E-state index contributed by atoms with van der Waals surface area (Å²) in [6.45, 7) is 3.12. The van der Waals surface area contributed by atoms with E-state index in [1.165, 1.54) is 0 Å². The number of carbonyl (C=O) groups is 3. The highest BCUT2D eigenvalue weighted by Gasteiger charge is 2.46. The van der Waals surface area contributed by atoms with Gasteiger partial charge in [0.25, 0.3) is 0 Å². The Balaban J connectivity index is 1.82. The van der Waals surface area contributed by atoms with E-state index in [-0.39, 0.29) is 36.2 Å². The second kappa shape index (κ2) is 11.0. The molecule has 0 unspecified atom stereocenters. The van der Waals surface area contributed by atoms with Crippen LogP contribution in [-0.2, 0) is 14.4 Å². The average Bonchev–Trinajstić information content (AvgIpc) is 3.23. The van der Waals surface area contributed by atoms with E-state index in [1.807, 2.05) is 59.2 Å². The first-order valence-electron chi connectivity index (χ1n) is 12.1. The van der Waals surface area contributed by atoms with Crippen molar-refractivity contribution in [3.63, 3.8) is 0 Å². The molecule has 2 aliphatic heterocycles. The maximum Gasteiger partial charge on any atom is 0.304 e. The monoisotopic (exact) mass is 516 g/mol. The van der Waals surface area contributed by atoms with Crippen molar-refractivity contribution >= 4 is 41.0 Å². The molecule has 2 aromatic rings. The number of carbonyl (C=O) groups excluding carboxylic acids is 2. The van der Waals surface area contributed by atoms with Crippen molar-refractivity contribution < 1.29 is 19.5 Å². The summed E-state index contributed by atoms with van der Waals surface area (Å²) in [6.07, 6.45) is 2.14. The van der Waals surface area contributed by atoms with Gasteiger partial charge in [-0.3, -0.25) is 14.4 Å². The lowest BCUT2D eigenvalue weighted by Crippen LogP contribution is -2.55. The highest BCUT2D eigenvalue weighted by atomic mass is 35.5. The molecule has 6 nitrogen and oxygen atoms in total. The maximum atomic E-state index is 13.9. The number of amides is 2. The molecule has 35 heavy (non-hydrogen) atoms. The lowest BCUT2D eigenvalue weighted by atomic mass is 9.74. The van der Waals surface area contributed by atoms with E-state index in [2.05, 4.69) is 0 Å². The van der Waals surface area contributed by atoms with Crippen LogP contribution in [0.3, 0.4) is 0 Å². The summed E-state index contributed by atoms with van der Waals surface area (Å²) in [5.41, 5.74) is 1.88. The fraction of sp³-hybridized carbons (Fsp3) is 0.444. The summed E-state index contributed by atoms with van der Waals surface area (Å²) >= 11 is 12.5. The van der Waals surface area contributed by atoms with Gasteiger partial charge in [-0.05, 0) is 54.7 Å². The quantitative estimate of drug-likeness (QED) is 0.499. The number of likely N-dealkylation sites (tertiary alicyclic amines) is 2. The Hall–Kier alpha value is -2.57. The molecule has 0 aliphatic carbocycles. The molecule has 2 amide bonds. The highest BCUT2D eigenvalue weighted by Crippen LogP contribution is 2.47. The normalized spacial score (nSPS) is 23.6. The number of hydrogen-bond donors (Lipinski definition) is 1. The summed E-state index contributed by atoms with van der Waals surface area (Å²) in [5, 5.41) is 10.8. The fourth-order valence-electron chi connectivity index (χ4n) is 5.54. The Labute approximate surface area is 215 Å². The summed E-state index contributed by atoms with van der Waals surface area (Å²) < 4.78 is 0. The van der Waals surface area contributed by atoms with Crippen molar-refractivity contribution in [2.75, 3.05) is 13.1 Å². The Bertz CT molecular complexity index is 1090. The Kier molecular flexibility index (Phi) is 8.02. The molecule has 0 radical (unpaired) electrons. The van der Waals surface area contributed by atoms with E-state index in [1.54, 1.807) is 6.07 Å². The lowest BCUT2D eigenvalue weighted by molar-refractivity contribution is -0.153. The summed E-state index contributed by atoms with van der Waals surface area (Å²) in [4.78, 5) is 41.7. The molecule has 0 saturated carbocycles. The molecule has 0 aromatic heterocycles. The predicted molar refractivity (Wildman–Crippen MR) is 135 cm³/mol. The van der Waals surface area contributed by atoms with Crippen LogP contribution in [0.15, 0.2) is 48.5 Å². The minimum atomic E-state index is -0.999. The molecule has 1 N–H and O–H groups in total. The van der Waals surface area contributed by atoms with Crippen LogP contribution >= 0.6 is 23.2 Å². The third-order valence-corrected chi connectivity index (χ3v) is 7.69. The van der Waals surface area contributed by atoms with Crippen LogP contribution in [0.5, 0.6) is 0 Å². The first kappa shape index (κ1) is 25.5. The number of piperidine rings is 1. The summed E-state index contributed by atoms with van der Waals surface area (Å²) in [7, 11) is 0. The van der Waals surface area contributed by atoms with Crippen LogP contribution in [0.2, 0.25) is 10.0 Å². The fourth-order valence-corrected chi connectivity index (χ4v) is 5.86. The van der Waals surface area contributed by atoms with Crippen molar-refractivity contribution in [1.29, 1.82) is 0 Å². The smallest absolute Gasteiger partial charge is 0.304 e. The molecule has 0 bridgehead atoms. The van der Waals surface area contributed by atoms with Gasteiger partial charge in [0.1, 0.15) is 0 Å². The predicted octanol–water partition coefficient (Wildman–Crippen LogP) is 5.54. The van der Waals surface area contributed by atoms with Crippen molar-refractivity contribution in [1.82, 2.24) is 9.80 Å². The van der Waals surface area contributed by atoms with Gasteiger partial charge < -0.3 is 14.9 Å². The van der Waals surface area contributed by atoms with Gasteiger partial charge in [-0.1, -0.05) is 54.4 Å². The van der Waals surface area contributed by atoms with Gasteiger partial charge in [0.15, 0.2) is 0 Å². The molecule has 8 heteroatoms. The van der Waals surface area contributed by atoms with E-state index in [9.17, 15) is 19.5 Å². The number of rotatable bonds is 8. The van der Waals surface area contributed by atoms with Crippen molar-refractivity contribution in [2.45, 2.75) is 57.0 Å². The van der Waals surface area contributed by atoms with Gasteiger partial charge in [-0.15, -0.1) is 0 Å². The third kappa shape index (κ3) is 5.65. The van der Waals surface area contributed by atoms with Crippen LogP contribution in [0.4, 0.5) is 0 Å². The second-order valence-electron chi connectivity index (χ2n) is 9.44. The van der Waals surface area contributed by atoms with Crippen LogP contribution in [0.1, 0.15) is 62.1 Å². The minimum Gasteiger partial charge on any atom is -0.481 e. The standard InChI is InChI=1S/C27H30Cl2N2O4/c1-2-22(16-30-12-4-7-24(30)32)31-26(17-8-10-20(28)11-9-17)23(18-5-3-6-21(29)13-18)14-19(27(31)35)15-25(33)34/h3,5-6,8-11,13,19,22-23,26H,2,4,7,12,14-16H2,1H3,(H,33,34)/t19-,22+,23-,26-/m1/s1. The van der Waals surface area contributed by atoms with Crippen molar-refractivity contribution in [2.24, 2.45) is 5.92 Å². The molecular weight excluding hydrogens is 487 g/mol. The van der Waals surface area contributed by atoms with Crippen molar-refractivity contribution in [3.8, 4) is 0 Å². The van der Waals surface area contributed by atoms with Gasteiger partial charge in [-0.25, -0.2) is 0 Å². The molecular formula is C27H30Cl2N2O4. The zero-order valence-corrected chi connectivity index (χ0v) is 21.2. The summed E-state index contributed by atoms with van der Waals surface area (Å²) in [5.74, 6) is -1.90. The molecule has 2 aliphatic rings. The van der Waals surface area contributed by atoms with E-state index < -0.39 is 11.9 Å². The van der Waals surface area contributed by atoms with E-state index >= 15 is 0 Å². The Morgan fingerprint density at radius 3 is 2.43 bits per heavy atom. The number of carboxylic acids is 1. The molecule has 4 atom stereocenters. The molecule has 2 aromatic carbocycles. The molecule has 0 spiro atoms. The minimum absolute atomic E-state index is 0.101. The number of aliphatic carboxylic acids is 1. The largest absolute Gasteiger partial charge is 0.481 e. The first-order valence-corrected chi connectivity index (χ1v) is 12.9. The topological polar surface area (TPSA) is 77.9 Å². The van der Waals surface area contributed by atoms with Gasteiger partial charge in [0.05, 0.1) is 12.5 Å². The molecule has 186 valence electrons. The maximum absolute atomic E-state index is 13.9. The Morgan fingerprint density at radius 1 is 1.09 bits per heavy atom.